The van der Waals surface area contributed by atoms with E-state index < -0.39 is 0 Å². The molecule has 8 heteroatoms. The lowest BCUT2D eigenvalue weighted by Crippen LogP contribution is -2.28. The van der Waals surface area contributed by atoms with Crippen molar-refractivity contribution >= 4 is 34.9 Å². The summed E-state index contributed by atoms with van der Waals surface area (Å²) in [5.41, 5.74) is 1.02. The molecule has 1 aromatic carbocycles. The van der Waals surface area contributed by atoms with E-state index >= 15 is 0 Å². The van der Waals surface area contributed by atoms with Crippen LogP contribution in [-0.2, 0) is 6.54 Å². The summed E-state index contributed by atoms with van der Waals surface area (Å²) in [6.07, 6.45) is 0. The van der Waals surface area contributed by atoms with Gasteiger partial charge in [0.05, 0.1) is 13.7 Å². The zero-order valence-corrected chi connectivity index (χ0v) is 14.9. The zero-order valence-electron chi connectivity index (χ0n) is 13.3. The fraction of sp³-hybridized carbons (Fsp3) is 0.118. The molecule has 0 saturated carbocycles. The summed E-state index contributed by atoms with van der Waals surface area (Å²) in [4.78, 5) is 8.14. The standard InChI is InChI=1S/C17H15ClN4O2S/c1-23-15-9-14(18)20-16(21-15)22-17(25)19-10-12-7-8-13(24-12)11-5-3-2-4-6-11/h2-9H,10H2,1H3,(H2,19,20,21,22,25). The molecule has 6 nitrogen and oxygen atoms in total. The van der Waals surface area contributed by atoms with E-state index in [-0.39, 0.29) is 11.1 Å². The maximum atomic E-state index is 5.90. The third-order valence-electron chi connectivity index (χ3n) is 3.25. The summed E-state index contributed by atoms with van der Waals surface area (Å²) in [5.74, 6) is 2.17. The molecule has 0 fully saturated rings. The molecule has 2 heterocycles. The summed E-state index contributed by atoms with van der Waals surface area (Å²) >= 11 is 11.1. The van der Waals surface area contributed by atoms with E-state index in [4.69, 9.17) is 33.0 Å². The molecular formula is C17H15ClN4O2S. The minimum atomic E-state index is 0.256. The van der Waals surface area contributed by atoms with Crippen LogP contribution in [0.1, 0.15) is 5.76 Å². The van der Waals surface area contributed by atoms with Crippen LogP contribution in [0.5, 0.6) is 5.88 Å². The molecule has 0 aliphatic rings. The molecule has 0 radical (unpaired) electrons. The molecule has 0 unspecified atom stereocenters. The first-order valence-electron chi connectivity index (χ1n) is 7.41. The molecule has 25 heavy (non-hydrogen) atoms. The van der Waals surface area contributed by atoms with Crippen LogP contribution in [0.3, 0.4) is 0 Å². The van der Waals surface area contributed by atoms with Crippen LogP contribution in [0.4, 0.5) is 5.95 Å². The minimum absolute atomic E-state index is 0.256. The molecule has 0 bridgehead atoms. The molecule has 0 aliphatic heterocycles. The predicted molar refractivity (Wildman–Crippen MR) is 101 cm³/mol. The van der Waals surface area contributed by atoms with E-state index in [0.29, 0.717) is 17.5 Å². The number of methoxy groups -OCH3 is 1. The second-order valence-electron chi connectivity index (χ2n) is 5.00. The van der Waals surface area contributed by atoms with Crippen LogP contribution in [0.25, 0.3) is 11.3 Å². The average Bonchev–Trinajstić information content (AvgIpc) is 3.09. The summed E-state index contributed by atoms with van der Waals surface area (Å²) in [5, 5.41) is 6.50. The summed E-state index contributed by atoms with van der Waals surface area (Å²) < 4.78 is 10.8. The summed E-state index contributed by atoms with van der Waals surface area (Å²) in [7, 11) is 1.50. The fourth-order valence-corrected chi connectivity index (χ4v) is 2.44. The number of halogens is 1. The van der Waals surface area contributed by atoms with Gasteiger partial charge in [-0.2, -0.15) is 4.98 Å². The third kappa shape index (κ3) is 4.68. The topological polar surface area (TPSA) is 72.2 Å². The van der Waals surface area contributed by atoms with Gasteiger partial charge in [-0.3, -0.25) is 0 Å². The average molecular weight is 375 g/mol. The van der Waals surface area contributed by atoms with Crippen molar-refractivity contribution in [2.24, 2.45) is 0 Å². The van der Waals surface area contributed by atoms with Crippen molar-refractivity contribution < 1.29 is 9.15 Å². The monoisotopic (exact) mass is 374 g/mol. The van der Waals surface area contributed by atoms with Crippen LogP contribution in [0.2, 0.25) is 5.15 Å². The quantitative estimate of drug-likeness (QED) is 0.518. The van der Waals surface area contributed by atoms with E-state index in [1.807, 2.05) is 42.5 Å². The van der Waals surface area contributed by atoms with Gasteiger partial charge < -0.3 is 19.8 Å². The zero-order chi connectivity index (χ0) is 17.6. The van der Waals surface area contributed by atoms with Gasteiger partial charge in [-0.15, -0.1) is 0 Å². The molecular weight excluding hydrogens is 360 g/mol. The van der Waals surface area contributed by atoms with Gasteiger partial charge in [-0.1, -0.05) is 41.9 Å². The number of hydrogen-bond acceptors (Lipinski definition) is 5. The third-order valence-corrected chi connectivity index (χ3v) is 3.69. The molecule has 0 saturated heterocycles. The van der Waals surface area contributed by atoms with Gasteiger partial charge in [-0.25, -0.2) is 4.98 Å². The highest BCUT2D eigenvalue weighted by molar-refractivity contribution is 7.80. The lowest BCUT2D eigenvalue weighted by Gasteiger charge is -2.09. The van der Waals surface area contributed by atoms with E-state index in [1.54, 1.807) is 0 Å². The molecule has 2 N–H and O–H groups in total. The summed E-state index contributed by atoms with van der Waals surface area (Å²) in [6, 6.07) is 15.2. The predicted octanol–water partition coefficient (Wildman–Crippen LogP) is 3.89. The van der Waals surface area contributed by atoms with Gasteiger partial charge in [0.2, 0.25) is 11.8 Å². The van der Waals surface area contributed by atoms with E-state index in [1.165, 1.54) is 13.2 Å². The Hall–Kier alpha value is -2.64. The van der Waals surface area contributed by atoms with Crippen molar-refractivity contribution in [2.45, 2.75) is 6.54 Å². The Morgan fingerprint density at radius 3 is 2.76 bits per heavy atom. The number of nitrogens with one attached hydrogen (secondary N) is 2. The largest absolute Gasteiger partial charge is 0.481 e. The van der Waals surface area contributed by atoms with Crippen LogP contribution < -0.4 is 15.4 Å². The number of thiocarbonyl (C=S) groups is 1. The first kappa shape index (κ1) is 17.2. The van der Waals surface area contributed by atoms with Crippen molar-refractivity contribution in [2.75, 3.05) is 12.4 Å². The van der Waals surface area contributed by atoms with Crippen LogP contribution >= 0.6 is 23.8 Å². The van der Waals surface area contributed by atoms with Crippen LogP contribution in [0.15, 0.2) is 52.9 Å². The molecule has 0 atom stereocenters. The van der Waals surface area contributed by atoms with E-state index in [9.17, 15) is 0 Å². The lowest BCUT2D eigenvalue weighted by molar-refractivity contribution is 0.397. The second kappa shape index (κ2) is 7.96. The SMILES string of the molecule is COc1cc(Cl)nc(NC(=S)NCc2ccc(-c3ccccc3)o2)n1. The Balaban J connectivity index is 1.58. The second-order valence-corrected chi connectivity index (χ2v) is 5.79. The van der Waals surface area contributed by atoms with Gasteiger partial charge in [-0.05, 0) is 24.4 Å². The molecule has 0 amide bonds. The Kier molecular flexibility index (Phi) is 5.47. The van der Waals surface area contributed by atoms with Crippen molar-refractivity contribution in [3.63, 3.8) is 0 Å². The Labute approximate surface area is 155 Å². The van der Waals surface area contributed by atoms with Crippen molar-refractivity contribution in [1.29, 1.82) is 0 Å². The van der Waals surface area contributed by atoms with Gasteiger partial charge >= 0.3 is 0 Å². The highest BCUT2D eigenvalue weighted by atomic mass is 35.5. The Bertz CT molecular complexity index is 870. The maximum Gasteiger partial charge on any atom is 0.233 e. The van der Waals surface area contributed by atoms with Crippen LogP contribution in [0, 0.1) is 0 Å². The summed E-state index contributed by atoms with van der Waals surface area (Å²) in [6.45, 7) is 0.427. The first-order valence-corrected chi connectivity index (χ1v) is 8.20. The van der Waals surface area contributed by atoms with E-state index in [2.05, 4.69) is 20.6 Å². The number of furan rings is 1. The number of anilines is 1. The first-order chi connectivity index (χ1) is 12.1. The highest BCUT2D eigenvalue weighted by Crippen LogP contribution is 2.21. The van der Waals surface area contributed by atoms with Crippen molar-refractivity contribution in [1.82, 2.24) is 15.3 Å². The molecule has 0 aliphatic carbocycles. The number of rotatable bonds is 5. The van der Waals surface area contributed by atoms with Gasteiger partial charge in [0.1, 0.15) is 16.7 Å². The smallest absolute Gasteiger partial charge is 0.233 e. The number of hydrogen-bond donors (Lipinski definition) is 2. The minimum Gasteiger partial charge on any atom is -0.481 e. The number of ether oxygens (including phenoxy) is 1. The van der Waals surface area contributed by atoms with E-state index in [0.717, 1.165) is 17.1 Å². The molecule has 0 spiro atoms. The van der Waals surface area contributed by atoms with Crippen molar-refractivity contribution in [3.8, 4) is 17.2 Å². The normalized spacial score (nSPS) is 10.3. The molecule has 128 valence electrons. The van der Waals surface area contributed by atoms with Gasteiger partial charge in [0.25, 0.3) is 0 Å². The van der Waals surface area contributed by atoms with Gasteiger partial charge in [0, 0.05) is 11.6 Å². The number of nitrogens with zero attached hydrogens (tertiary/aromatic N) is 2. The fourth-order valence-electron chi connectivity index (χ4n) is 2.10. The van der Waals surface area contributed by atoms with Crippen LogP contribution in [-0.4, -0.2) is 22.2 Å². The molecule has 3 aromatic rings. The maximum absolute atomic E-state index is 5.90. The Morgan fingerprint density at radius 1 is 1.20 bits per heavy atom. The Morgan fingerprint density at radius 2 is 2.00 bits per heavy atom. The van der Waals surface area contributed by atoms with Gasteiger partial charge in [0.15, 0.2) is 5.11 Å². The van der Waals surface area contributed by atoms with Crippen molar-refractivity contribution in [3.05, 3.63) is 59.4 Å². The highest BCUT2D eigenvalue weighted by Gasteiger charge is 2.07. The number of benzene rings is 1. The lowest BCUT2D eigenvalue weighted by atomic mass is 10.2. The number of aromatic nitrogens is 2. The molecule has 2 aromatic heterocycles. The molecule has 3 rings (SSSR count).